The number of allylic oxidation sites excluding steroid dienone is 3. The first-order valence-electron chi connectivity index (χ1n) is 8.29. The van der Waals surface area contributed by atoms with E-state index in [0.717, 1.165) is 6.07 Å². The van der Waals surface area contributed by atoms with Crippen molar-refractivity contribution in [3.8, 4) is 0 Å². The van der Waals surface area contributed by atoms with E-state index in [1.165, 1.54) is 18.2 Å². The minimum Gasteiger partial charge on any atom is -0.493 e. The lowest BCUT2D eigenvalue weighted by atomic mass is 10.0. The van der Waals surface area contributed by atoms with Gasteiger partial charge in [-0.25, -0.2) is 0 Å². The Kier molecular flexibility index (Phi) is 4.73. The van der Waals surface area contributed by atoms with Crippen molar-refractivity contribution in [2.45, 2.75) is 32.7 Å². The van der Waals surface area contributed by atoms with Crippen LogP contribution in [0.1, 0.15) is 25.0 Å². The van der Waals surface area contributed by atoms with E-state index in [1.54, 1.807) is 19.1 Å². The quantitative estimate of drug-likeness (QED) is 0.784. The lowest BCUT2D eigenvalue weighted by Gasteiger charge is -2.15. The second-order valence-corrected chi connectivity index (χ2v) is 6.49. The van der Waals surface area contributed by atoms with Gasteiger partial charge in [-0.1, -0.05) is 25.1 Å². The van der Waals surface area contributed by atoms with E-state index in [1.807, 2.05) is 6.92 Å². The summed E-state index contributed by atoms with van der Waals surface area (Å²) in [5.74, 6) is -0.468. The molecule has 4 nitrogen and oxygen atoms in total. The molecular formula is C19H19F3O4. The zero-order chi connectivity index (χ0) is 19.1. The number of ether oxygens (including phenoxy) is 2. The van der Waals surface area contributed by atoms with Crippen LogP contribution >= 0.6 is 0 Å². The van der Waals surface area contributed by atoms with Crippen LogP contribution in [0.2, 0.25) is 0 Å². The highest BCUT2D eigenvalue weighted by atomic mass is 19.4. The van der Waals surface area contributed by atoms with Gasteiger partial charge in [-0.05, 0) is 19.1 Å². The Morgan fingerprint density at radius 1 is 1.35 bits per heavy atom. The summed E-state index contributed by atoms with van der Waals surface area (Å²) in [6, 6.07) is 5.27. The minimum atomic E-state index is -4.44. The number of hydrogen-bond donors (Lipinski definition) is 1. The normalized spacial score (nSPS) is 29.3. The van der Waals surface area contributed by atoms with Crippen LogP contribution in [0, 0.1) is 17.8 Å². The van der Waals surface area contributed by atoms with E-state index in [4.69, 9.17) is 14.6 Å². The summed E-state index contributed by atoms with van der Waals surface area (Å²) in [5.41, 5.74) is -0.675. The van der Waals surface area contributed by atoms with Gasteiger partial charge >= 0.3 is 12.1 Å². The second kappa shape index (κ2) is 6.70. The number of benzene rings is 1. The van der Waals surface area contributed by atoms with E-state index in [9.17, 15) is 18.0 Å². The second-order valence-electron chi connectivity index (χ2n) is 6.49. The molecule has 2 aliphatic rings. The topological polar surface area (TPSA) is 55.8 Å². The predicted octanol–water partition coefficient (Wildman–Crippen LogP) is 4.38. The summed E-state index contributed by atoms with van der Waals surface area (Å²) in [7, 11) is 0. The fourth-order valence-electron chi connectivity index (χ4n) is 3.41. The molecule has 1 aliphatic heterocycles. The molecule has 1 saturated heterocycles. The number of aliphatic carboxylic acids is 1. The lowest BCUT2D eigenvalue weighted by Crippen LogP contribution is -2.12. The van der Waals surface area contributed by atoms with Gasteiger partial charge in [-0.2, -0.15) is 13.2 Å². The molecular weight excluding hydrogens is 349 g/mol. The summed E-state index contributed by atoms with van der Waals surface area (Å²) in [6.45, 7) is 3.37. The Balaban J connectivity index is 1.67. The summed E-state index contributed by atoms with van der Waals surface area (Å²) in [5, 5.41) is 9.07. The lowest BCUT2D eigenvalue weighted by molar-refractivity contribution is -0.140. The molecule has 7 heteroatoms. The molecule has 4 atom stereocenters. The number of alkyl halides is 3. The van der Waals surface area contributed by atoms with Crippen molar-refractivity contribution in [2.24, 2.45) is 17.8 Å². The maximum Gasteiger partial charge on any atom is 0.416 e. The Morgan fingerprint density at radius 3 is 2.58 bits per heavy atom. The predicted molar refractivity (Wildman–Crippen MR) is 86.7 cm³/mol. The summed E-state index contributed by atoms with van der Waals surface area (Å²) >= 11 is 0. The molecule has 3 rings (SSSR count). The standard InChI is InChI=1S/C19H19F3O4/c1-3-12(8-14-10(2)15-16(18(23)24)17(15)26-14)25-9-11-6-4-5-7-13(11)19(20,21)22/h3-8,10,15-17H,9H2,1-2H3,(H,23,24)/b12-3+,14-8+/t10?,15-,16-,17-/m1/s1. The molecule has 0 aromatic heterocycles. The molecule has 1 heterocycles. The number of carbonyl (C=O) groups is 1. The van der Waals surface area contributed by atoms with Crippen molar-refractivity contribution in [3.63, 3.8) is 0 Å². The van der Waals surface area contributed by atoms with Crippen molar-refractivity contribution in [1.29, 1.82) is 0 Å². The van der Waals surface area contributed by atoms with Gasteiger partial charge in [-0.15, -0.1) is 0 Å². The van der Waals surface area contributed by atoms with E-state index < -0.39 is 23.6 Å². The molecule has 0 radical (unpaired) electrons. The van der Waals surface area contributed by atoms with Crippen LogP contribution in [0.4, 0.5) is 13.2 Å². The van der Waals surface area contributed by atoms with Crippen LogP contribution in [0.15, 0.2) is 47.9 Å². The Morgan fingerprint density at radius 2 is 2.04 bits per heavy atom. The molecule has 0 spiro atoms. The van der Waals surface area contributed by atoms with Gasteiger partial charge in [0, 0.05) is 23.5 Å². The summed E-state index contributed by atoms with van der Waals surface area (Å²) in [6.07, 6.45) is -1.49. The first-order chi connectivity index (χ1) is 12.2. The van der Waals surface area contributed by atoms with Gasteiger partial charge in [0.15, 0.2) is 0 Å². The SMILES string of the molecule is C/C=C(\C=C1\O[C@H]2[C@H](C(=O)O)[C@H]2C1C)OCc1ccccc1C(F)(F)F. The van der Waals surface area contributed by atoms with Crippen LogP contribution < -0.4 is 0 Å². The van der Waals surface area contributed by atoms with Gasteiger partial charge in [0.2, 0.25) is 0 Å². The zero-order valence-corrected chi connectivity index (χ0v) is 14.3. The smallest absolute Gasteiger partial charge is 0.416 e. The van der Waals surface area contributed by atoms with Crippen LogP contribution in [0.25, 0.3) is 0 Å². The van der Waals surface area contributed by atoms with Crippen molar-refractivity contribution >= 4 is 5.97 Å². The molecule has 26 heavy (non-hydrogen) atoms. The Bertz CT molecular complexity index is 766. The van der Waals surface area contributed by atoms with Crippen LogP contribution in [0.3, 0.4) is 0 Å². The van der Waals surface area contributed by atoms with E-state index >= 15 is 0 Å². The molecule has 1 unspecified atom stereocenters. The van der Waals surface area contributed by atoms with Crippen LogP contribution in [-0.4, -0.2) is 17.2 Å². The number of carboxylic acid groups (broad SMARTS) is 1. The highest BCUT2D eigenvalue weighted by Gasteiger charge is 2.65. The van der Waals surface area contributed by atoms with Gasteiger partial charge in [0.05, 0.1) is 5.56 Å². The van der Waals surface area contributed by atoms with Gasteiger partial charge in [0.25, 0.3) is 0 Å². The number of carboxylic acids is 1. The van der Waals surface area contributed by atoms with Gasteiger partial charge in [-0.3, -0.25) is 4.79 Å². The molecule has 2 fully saturated rings. The fraction of sp³-hybridized carbons (Fsp3) is 0.421. The van der Waals surface area contributed by atoms with Crippen LogP contribution in [0.5, 0.6) is 0 Å². The number of halogens is 3. The third-order valence-corrected chi connectivity index (χ3v) is 4.88. The highest BCUT2D eigenvalue weighted by Crippen LogP contribution is 2.56. The molecule has 1 N–H and O–H groups in total. The van der Waals surface area contributed by atoms with Crippen molar-refractivity contribution in [3.05, 3.63) is 59.1 Å². The number of fused-ring (bicyclic) bond motifs is 1. The first kappa shape index (κ1) is 18.4. The Labute approximate surface area is 148 Å². The third-order valence-electron chi connectivity index (χ3n) is 4.88. The van der Waals surface area contributed by atoms with E-state index in [2.05, 4.69) is 0 Å². The third kappa shape index (κ3) is 3.43. The number of hydrogen-bond acceptors (Lipinski definition) is 3. The molecule has 0 bridgehead atoms. The van der Waals surface area contributed by atoms with Gasteiger partial charge < -0.3 is 14.6 Å². The van der Waals surface area contributed by atoms with Crippen LogP contribution in [-0.2, 0) is 27.1 Å². The molecule has 0 amide bonds. The van der Waals surface area contributed by atoms with E-state index in [-0.39, 0.29) is 30.1 Å². The first-order valence-corrected chi connectivity index (χ1v) is 8.29. The maximum atomic E-state index is 13.0. The maximum absolute atomic E-state index is 13.0. The van der Waals surface area contributed by atoms with Gasteiger partial charge in [0.1, 0.15) is 30.1 Å². The highest BCUT2D eigenvalue weighted by molar-refractivity contribution is 5.75. The van der Waals surface area contributed by atoms with Crippen molar-refractivity contribution in [2.75, 3.05) is 0 Å². The number of rotatable bonds is 5. The zero-order valence-electron chi connectivity index (χ0n) is 14.3. The molecule has 1 saturated carbocycles. The summed E-state index contributed by atoms with van der Waals surface area (Å²) in [4.78, 5) is 11.1. The average molecular weight is 368 g/mol. The molecule has 1 aromatic carbocycles. The fourth-order valence-corrected chi connectivity index (χ4v) is 3.41. The Hall–Kier alpha value is -2.44. The average Bonchev–Trinajstić information content (AvgIpc) is 3.22. The molecule has 1 aromatic rings. The summed E-state index contributed by atoms with van der Waals surface area (Å²) < 4.78 is 50.3. The van der Waals surface area contributed by atoms with Crippen molar-refractivity contribution < 1.29 is 32.5 Å². The van der Waals surface area contributed by atoms with Crippen molar-refractivity contribution in [1.82, 2.24) is 0 Å². The minimum absolute atomic E-state index is 0.0481. The molecule has 1 aliphatic carbocycles. The van der Waals surface area contributed by atoms with E-state index in [0.29, 0.717) is 11.5 Å². The largest absolute Gasteiger partial charge is 0.493 e. The monoisotopic (exact) mass is 368 g/mol. The molecule has 140 valence electrons.